The van der Waals surface area contributed by atoms with Gasteiger partial charge < -0.3 is 5.32 Å². The summed E-state index contributed by atoms with van der Waals surface area (Å²) in [7, 11) is 0. The lowest BCUT2D eigenvalue weighted by molar-refractivity contribution is -0.105. The predicted molar refractivity (Wildman–Crippen MR) is 88.4 cm³/mol. The van der Waals surface area contributed by atoms with E-state index >= 15 is 0 Å². The lowest BCUT2D eigenvalue weighted by Gasteiger charge is -2.20. The molecular weight excluding hydrogens is 274 g/mol. The summed E-state index contributed by atoms with van der Waals surface area (Å²) in [4.78, 5) is 10.3. The molecule has 0 aromatic heterocycles. The normalized spacial score (nSPS) is 14.0. The molecule has 0 amide bonds. The van der Waals surface area contributed by atoms with Crippen LogP contribution in [-0.4, -0.2) is 30.7 Å². The Kier molecular flexibility index (Phi) is 5.05. The minimum absolute atomic E-state index is 0.570. The third-order valence-electron chi connectivity index (χ3n) is 3.57. The largest absolute Gasteiger partial charge is 0.354 e. The molecule has 0 saturated carbocycles. The highest BCUT2D eigenvalue weighted by Gasteiger charge is 2.17. The minimum atomic E-state index is 0.570. The molecule has 2 aromatic carbocycles. The van der Waals surface area contributed by atoms with Crippen LogP contribution in [0.3, 0.4) is 0 Å². The van der Waals surface area contributed by atoms with Crippen molar-refractivity contribution in [2.24, 2.45) is 4.99 Å². The quantitative estimate of drug-likeness (QED) is 0.890. The van der Waals surface area contributed by atoms with Gasteiger partial charge in [-0.15, -0.1) is 0 Å². The van der Waals surface area contributed by atoms with Crippen LogP contribution >= 0.6 is 0 Å². The molecular formula is C18H21N3O. The van der Waals surface area contributed by atoms with Gasteiger partial charge in [0.05, 0.1) is 13.1 Å². The average Bonchev–Trinajstić information content (AvgIpc) is 3.02. The maximum atomic E-state index is 5.84. The summed E-state index contributed by atoms with van der Waals surface area (Å²) < 4.78 is 0. The zero-order chi connectivity index (χ0) is 15.0. The summed E-state index contributed by atoms with van der Waals surface area (Å²) in [5, 5.41) is 5.23. The van der Waals surface area contributed by atoms with Crippen LogP contribution in [0.15, 0.2) is 65.7 Å². The Bertz CT molecular complexity index is 598. The fourth-order valence-electron chi connectivity index (χ4n) is 2.39. The Morgan fingerprint density at radius 1 is 0.955 bits per heavy atom. The van der Waals surface area contributed by atoms with Crippen LogP contribution in [-0.2, 0) is 17.9 Å². The number of hydroxylamine groups is 2. The molecule has 4 heteroatoms. The summed E-state index contributed by atoms with van der Waals surface area (Å²) in [6, 6.07) is 20.6. The molecule has 1 N–H and O–H groups in total. The Morgan fingerprint density at radius 2 is 1.64 bits per heavy atom. The van der Waals surface area contributed by atoms with Crippen molar-refractivity contribution in [2.45, 2.75) is 13.0 Å². The van der Waals surface area contributed by atoms with Crippen molar-refractivity contribution in [3.8, 4) is 0 Å². The number of guanidine groups is 1. The fraction of sp³-hybridized carbons (Fsp3) is 0.278. The van der Waals surface area contributed by atoms with Gasteiger partial charge in [0.1, 0.15) is 6.61 Å². The molecule has 4 nitrogen and oxygen atoms in total. The van der Waals surface area contributed by atoms with Crippen molar-refractivity contribution in [1.82, 2.24) is 10.4 Å². The van der Waals surface area contributed by atoms with Gasteiger partial charge in [-0.25, -0.2) is 10.1 Å². The zero-order valence-corrected chi connectivity index (χ0v) is 12.6. The van der Waals surface area contributed by atoms with E-state index in [0.29, 0.717) is 6.61 Å². The molecule has 1 aliphatic rings. The molecule has 1 aliphatic heterocycles. The SMILES string of the molecule is c1ccc(CCNC2=NCCN2OCc2ccccc2)cc1. The topological polar surface area (TPSA) is 36.9 Å². The first-order valence-electron chi connectivity index (χ1n) is 7.68. The summed E-state index contributed by atoms with van der Waals surface area (Å²) in [5.41, 5.74) is 2.49. The summed E-state index contributed by atoms with van der Waals surface area (Å²) in [6.07, 6.45) is 0.979. The number of rotatable bonds is 6. The summed E-state index contributed by atoms with van der Waals surface area (Å²) >= 11 is 0. The van der Waals surface area contributed by atoms with Gasteiger partial charge in [-0.3, -0.25) is 4.84 Å². The van der Waals surface area contributed by atoms with E-state index in [1.807, 2.05) is 29.3 Å². The second-order valence-electron chi connectivity index (χ2n) is 5.23. The average molecular weight is 295 g/mol. The van der Waals surface area contributed by atoms with Gasteiger partial charge in [-0.05, 0) is 17.5 Å². The molecule has 0 radical (unpaired) electrons. The number of nitrogens with zero attached hydrogens (tertiary/aromatic N) is 2. The number of hydrogen-bond acceptors (Lipinski definition) is 4. The van der Waals surface area contributed by atoms with Crippen LogP contribution in [0.25, 0.3) is 0 Å². The molecule has 0 spiro atoms. The van der Waals surface area contributed by atoms with E-state index in [9.17, 15) is 0 Å². The van der Waals surface area contributed by atoms with E-state index in [0.717, 1.165) is 37.6 Å². The Hall–Kier alpha value is -2.33. The Morgan fingerprint density at radius 3 is 2.36 bits per heavy atom. The molecule has 0 aliphatic carbocycles. The molecule has 0 saturated heterocycles. The van der Waals surface area contributed by atoms with E-state index in [2.05, 4.69) is 46.7 Å². The lowest BCUT2D eigenvalue weighted by atomic mass is 10.1. The Balaban J connectivity index is 1.44. The van der Waals surface area contributed by atoms with Crippen molar-refractivity contribution >= 4 is 5.96 Å². The smallest absolute Gasteiger partial charge is 0.218 e. The number of hydrogen-bond donors (Lipinski definition) is 1. The van der Waals surface area contributed by atoms with Crippen LogP contribution in [0.2, 0.25) is 0 Å². The first-order valence-corrected chi connectivity index (χ1v) is 7.68. The predicted octanol–water partition coefficient (Wildman–Crippen LogP) is 2.62. The summed E-state index contributed by atoms with van der Waals surface area (Å²) in [6.45, 7) is 3.01. The number of benzene rings is 2. The van der Waals surface area contributed by atoms with Gasteiger partial charge in [0, 0.05) is 6.54 Å². The van der Waals surface area contributed by atoms with Gasteiger partial charge in [0.2, 0.25) is 5.96 Å². The molecule has 3 rings (SSSR count). The second-order valence-corrected chi connectivity index (χ2v) is 5.23. The van der Waals surface area contributed by atoms with E-state index in [1.165, 1.54) is 5.56 Å². The maximum absolute atomic E-state index is 5.84. The maximum Gasteiger partial charge on any atom is 0.218 e. The van der Waals surface area contributed by atoms with Crippen LogP contribution in [0, 0.1) is 0 Å². The first-order chi connectivity index (χ1) is 10.9. The van der Waals surface area contributed by atoms with Crippen molar-refractivity contribution in [1.29, 1.82) is 0 Å². The second kappa shape index (κ2) is 7.61. The van der Waals surface area contributed by atoms with Gasteiger partial charge >= 0.3 is 0 Å². The monoisotopic (exact) mass is 295 g/mol. The molecule has 0 bridgehead atoms. The van der Waals surface area contributed by atoms with E-state index < -0.39 is 0 Å². The number of nitrogens with one attached hydrogen (secondary N) is 1. The van der Waals surface area contributed by atoms with Crippen molar-refractivity contribution in [2.75, 3.05) is 19.6 Å². The molecule has 2 aromatic rings. The van der Waals surface area contributed by atoms with Gasteiger partial charge in [-0.1, -0.05) is 60.7 Å². The zero-order valence-electron chi connectivity index (χ0n) is 12.6. The standard InChI is InChI=1S/C18H21N3O/c1-3-7-16(8-4-1)11-12-19-18-20-13-14-21(18)22-15-17-9-5-2-6-10-17/h1-10H,11-15H2,(H,19,20). The minimum Gasteiger partial charge on any atom is -0.354 e. The summed E-state index contributed by atoms with van der Waals surface area (Å²) in [5.74, 6) is 0.840. The van der Waals surface area contributed by atoms with Crippen molar-refractivity contribution in [3.05, 3.63) is 71.8 Å². The Labute approximate surface area is 131 Å². The third-order valence-corrected chi connectivity index (χ3v) is 3.57. The van der Waals surface area contributed by atoms with Crippen molar-refractivity contribution in [3.63, 3.8) is 0 Å². The molecule has 114 valence electrons. The van der Waals surface area contributed by atoms with Gasteiger partial charge in [0.15, 0.2) is 0 Å². The van der Waals surface area contributed by atoms with E-state index in [4.69, 9.17) is 4.84 Å². The van der Waals surface area contributed by atoms with Crippen LogP contribution < -0.4 is 5.32 Å². The van der Waals surface area contributed by atoms with Crippen LogP contribution in [0.4, 0.5) is 0 Å². The highest BCUT2D eigenvalue weighted by Crippen LogP contribution is 2.07. The van der Waals surface area contributed by atoms with E-state index in [1.54, 1.807) is 0 Å². The highest BCUT2D eigenvalue weighted by atomic mass is 16.7. The highest BCUT2D eigenvalue weighted by molar-refractivity contribution is 5.80. The lowest BCUT2D eigenvalue weighted by Crippen LogP contribution is -2.39. The molecule has 0 atom stereocenters. The third kappa shape index (κ3) is 4.09. The molecule has 0 unspecified atom stereocenters. The number of aliphatic imine (C=N–C) groups is 1. The first kappa shape index (κ1) is 14.6. The fourth-order valence-corrected chi connectivity index (χ4v) is 2.39. The van der Waals surface area contributed by atoms with Gasteiger partial charge in [0.25, 0.3) is 0 Å². The van der Waals surface area contributed by atoms with Crippen molar-refractivity contribution < 1.29 is 4.84 Å². The molecule has 22 heavy (non-hydrogen) atoms. The molecule has 0 fully saturated rings. The van der Waals surface area contributed by atoms with Crippen LogP contribution in [0.5, 0.6) is 0 Å². The van der Waals surface area contributed by atoms with E-state index in [-0.39, 0.29) is 0 Å². The molecule has 1 heterocycles. The van der Waals surface area contributed by atoms with Gasteiger partial charge in [-0.2, -0.15) is 0 Å². The van der Waals surface area contributed by atoms with Crippen LogP contribution in [0.1, 0.15) is 11.1 Å².